The first-order valence-electron chi connectivity index (χ1n) is 54.2. The van der Waals surface area contributed by atoms with E-state index >= 15 is 0 Å². The van der Waals surface area contributed by atoms with Gasteiger partial charge in [-0.25, -0.2) is 59.2 Å². The molecule has 12 aromatic heterocycles. The minimum absolute atomic E-state index is 0.0174. The number of halogens is 3. The van der Waals surface area contributed by atoms with Gasteiger partial charge in [-0.2, -0.15) is 4.98 Å². The molecule has 0 radical (unpaired) electrons. The molecule has 9 fully saturated rings. The Morgan fingerprint density at radius 2 is 0.773 bits per heavy atom. The standard InChI is InChI=1S/C23H28N4O2.C21H22N4O.C19H26FN5O.C18H24N4O.C17H21ClN4O.C17H23ClN4O/c1-23(2,3)14-19(28)25-22-24-18-12-13-20(29-15-16-8-5-4-6-9-16)26-21(18)27(22)17-10-7-11-17;1-13-9-10-18-20(22-13)25(16-6-4-7-16)21(23-18)24-19(26)12-15-11-14-5-2-3-8-17(14)15;1-13-6-7-15-17(21-13)25(14-4-3-5-14)18(22-15)23-16(26)12-24-10-8-19(2,20)9-11-24;1-11-7-8-14-16(19-11)22(13-5-4-6-13)17(20-14)21-15(23)9-12-10-18(12,2)3;1-17(9-10-17)8-7-14(23)21-16-19-12-5-6-13(18)20-15(12)22(16)11-3-2-4-11;1-10-12(18)8-13-15(19-10)22(11-6-5-7-11)16(20-13)21-14(23)9-17(2,3)4/h4-6,8-9,12-13,17H,7,10-11,14-15H2,1-3H3,(H,24,25,28);2-3,5,8-10,15-16H,4,6-7,11-12H2,1H3,(H,23,24,26);6-7,14H,3-5,8-12H2,1-2H3,(H,22,23,26);7-8,12-13H,4-6,9-10H2,1-3H3,(H,20,21,23);5-6,11H,2-4,7-10H2,1H3,(H,19,21,23);8,11H,5-7,9H2,1-4H3,(H,20,21,23). The smallest absolute Gasteiger partial charge is 0.240 e. The van der Waals surface area contributed by atoms with Crippen molar-refractivity contribution in [1.29, 1.82) is 0 Å². The number of ether oxygens (including phenoxy) is 1. The van der Waals surface area contributed by atoms with Crippen molar-refractivity contribution < 1.29 is 37.9 Å². The quantitative estimate of drug-likeness (QED) is 0.0274. The van der Waals surface area contributed by atoms with E-state index in [1.165, 1.54) is 62.5 Å². The van der Waals surface area contributed by atoms with Gasteiger partial charge in [-0.15, -0.1) is 0 Å². The number of piperidine rings is 1. The normalized spacial score (nSPS) is 18.6. The fourth-order valence-corrected chi connectivity index (χ4v) is 21.0. The number of rotatable bonds is 26. The number of alkyl halides is 1. The number of nitrogens with one attached hydrogen (secondary N) is 6. The van der Waals surface area contributed by atoms with Gasteiger partial charge in [0.05, 0.1) is 17.3 Å². The average Bonchev–Trinajstić information content (AvgIpc) is 1.65. The third-order valence-electron chi connectivity index (χ3n) is 31.5. The monoisotopic (exact) mass is 2080 g/mol. The summed E-state index contributed by atoms with van der Waals surface area (Å²) in [5, 5.41) is 19.1. The van der Waals surface area contributed by atoms with Crippen LogP contribution >= 0.6 is 23.2 Å². The lowest BCUT2D eigenvalue weighted by Crippen LogP contribution is -2.43. The van der Waals surface area contributed by atoms with Gasteiger partial charge in [0.1, 0.15) is 50.5 Å². The molecular weight excluding hydrogens is 1930 g/mol. The topological polar surface area (TPSA) is 371 Å². The number of benzene rings is 2. The van der Waals surface area contributed by atoms with Crippen molar-refractivity contribution >= 4 is 161 Å². The van der Waals surface area contributed by atoms with Crippen molar-refractivity contribution in [3.8, 4) is 5.88 Å². The number of nitrogens with zero attached hydrogens (tertiary/aromatic N) is 19. The second kappa shape index (κ2) is 44.3. The minimum atomic E-state index is -1.10. The predicted octanol–water partition coefficient (Wildman–Crippen LogP) is 25.1. The summed E-state index contributed by atoms with van der Waals surface area (Å²) >= 11 is 12.2. The Labute approximate surface area is 885 Å². The predicted molar refractivity (Wildman–Crippen MR) is 588 cm³/mol. The van der Waals surface area contributed by atoms with Gasteiger partial charge in [0.15, 0.2) is 33.9 Å². The summed E-state index contributed by atoms with van der Waals surface area (Å²) in [5.41, 5.74) is 16.7. The second-order valence-electron chi connectivity index (χ2n) is 47.0. The molecule has 35 heteroatoms. The zero-order chi connectivity index (χ0) is 105. The zero-order valence-corrected chi connectivity index (χ0v) is 90.7. The maximum Gasteiger partial charge on any atom is 0.240 e. The van der Waals surface area contributed by atoms with E-state index < -0.39 is 5.67 Å². The number of carbonyl (C=O) groups excluding carboxylic acids is 6. The van der Waals surface area contributed by atoms with E-state index in [-0.39, 0.29) is 52.8 Å². The van der Waals surface area contributed by atoms with E-state index in [0.717, 1.165) is 192 Å². The first-order valence-corrected chi connectivity index (χ1v) is 55.0. The number of aromatic nitrogens is 18. The number of hydrogen-bond donors (Lipinski definition) is 6. The van der Waals surface area contributed by atoms with Crippen molar-refractivity contribution in [2.75, 3.05) is 51.5 Å². The Morgan fingerprint density at radius 3 is 1.18 bits per heavy atom. The van der Waals surface area contributed by atoms with Crippen molar-refractivity contribution in [2.45, 2.75) is 344 Å². The summed E-state index contributed by atoms with van der Waals surface area (Å²) in [5.74, 6) is 5.12. The van der Waals surface area contributed by atoms with Crippen molar-refractivity contribution in [3.05, 3.63) is 171 Å². The van der Waals surface area contributed by atoms with Crippen LogP contribution in [0, 0.1) is 55.3 Å². The first-order chi connectivity index (χ1) is 71.7. The van der Waals surface area contributed by atoms with Crippen LogP contribution < -0.4 is 36.6 Å². The van der Waals surface area contributed by atoms with Gasteiger partial charge < -0.3 is 4.74 Å². The molecule has 1 saturated heterocycles. The highest BCUT2D eigenvalue weighted by molar-refractivity contribution is 6.31. The second-order valence-corrected chi connectivity index (χ2v) is 47.8. The number of aryl methyl sites for hydroxylation is 4. The Hall–Kier alpha value is -12.8. The molecule has 24 rings (SSSR count). The van der Waals surface area contributed by atoms with Gasteiger partial charge in [0.25, 0.3) is 0 Å². The van der Waals surface area contributed by atoms with Crippen LogP contribution in [-0.4, -0.2) is 153 Å². The van der Waals surface area contributed by atoms with Crippen LogP contribution in [0.4, 0.5) is 40.1 Å². The van der Waals surface area contributed by atoms with Crippen molar-refractivity contribution in [3.63, 3.8) is 0 Å². The molecule has 792 valence electrons. The number of pyridine rings is 6. The van der Waals surface area contributed by atoms with Crippen LogP contribution in [0.5, 0.6) is 5.88 Å². The maximum atomic E-state index is 13.9. The van der Waals surface area contributed by atoms with Gasteiger partial charge in [0.2, 0.25) is 77.0 Å². The summed E-state index contributed by atoms with van der Waals surface area (Å²) in [6.45, 7) is 30.4. The number of likely N-dealkylation sites (tertiary alicyclic amines) is 1. The fraction of sp³-hybridized carbons (Fsp3) is 0.530. The summed E-state index contributed by atoms with van der Waals surface area (Å²) in [7, 11) is 0. The molecule has 1 aliphatic heterocycles. The molecule has 32 nitrogen and oxygen atoms in total. The summed E-state index contributed by atoms with van der Waals surface area (Å²) in [6.07, 6.45) is 29.5. The molecule has 0 spiro atoms. The van der Waals surface area contributed by atoms with Crippen LogP contribution in [-0.2, 0) is 41.8 Å². The largest absolute Gasteiger partial charge is 0.473 e. The molecule has 2 unspecified atom stereocenters. The minimum Gasteiger partial charge on any atom is -0.473 e. The first kappa shape index (κ1) is 106. The number of hydrogen-bond acceptors (Lipinski definition) is 20. The number of anilines is 6. The number of fused-ring (bicyclic) bond motifs is 7. The van der Waals surface area contributed by atoms with Gasteiger partial charge in [-0.05, 0) is 306 Å². The molecular formula is C115H144Cl2FN25O7. The highest BCUT2D eigenvalue weighted by atomic mass is 35.5. The molecule has 13 heterocycles. The summed E-state index contributed by atoms with van der Waals surface area (Å²) in [6, 6.07) is 41.6. The molecule has 9 aliphatic carbocycles. The van der Waals surface area contributed by atoms with Crippen LogP contribution in [0.3, 0.4) is 0 Å². The molecule has 0 bridgehead atoms. The lowest BCUT2D eigenvalue weighted by molar-refractivity contribution is -0.118. The van der Waals surface area contributed by atoms with Gasteiger partial charge in [-0.1, -0.05) is 140 Å². The fourth-order valence-electron chi connectivity index (χ4n) is 20.7. The molecule has 10 aliphatic rings. The number of carbonyl (C=O) groups is 6. The van der Waals surface area contributed by atoms with E-state index in [4.69, 9.17) is 32.9 Å². The third-order valence-corrected chi connectivity index (χ3v) is 32.1. The average molecular weight is 2080 g/mol. The van der Waals surface area contributed by atoms with E-state index in [0.29, 0.717) is 175 Å². The molecule has 150 heavy (non-hydrogen) atoms. The highest BCUT2D eigenvalue weighted by Crippen LogP contribution is 2.54. The van der Waals surface area contributed by atoms with Crippen molar-refractivity contribution in [1.82, 2.24) is 92.1 Å². The zero-order valence-electron chi connectivity index (χ0n) is 89.2. The molecule has 2 atom stereocenters. The number of imidazole rings is 6. The molecule has 6 N–H and O–H groups in total. The van der Waals surface area contributed by atoms with E-state index in [1.807, 2.05) is 150 Å². The lowest BCUT2D eigenvalue weighted by Gasteiger charge is -2.33. The Bertz CT molecular complexity index is 7330. The molecule has 2 aromatic carbocycles. The lowest BCUT2D eigenvalue weighted by atomic mass is 9.76. The highest BCUT2D eigenvalue weighted by Gasteiger charge is 2.47. The van der Waals surface area contributed by atoms with Crippen LogP contribution in [0.2, 0.25) is 10.2 Å². The van der Waals surface area contributed by atoms with Crippen LogP contribution in [0.15, 0.2) is 121 Å². The SMILES string of the molecule is CC(C)(C)CC(=O)Nc1nc2ccc(OCc3ccccc3)nc2n1C1CCC1.CC1(CCC(=O)Nc2nc3ccc(Cl)nc3n2C2CCC2)CC1.Cc1ccc2nc(NC(=O)CC3CC3(C)C)n(C3CCC3)c2n1.Cc1ccc2nc(NC(=O)CC3Cc4ccccc43)n(C3CCC3)c2n1.Cc1ccc2nc(NC(=O)CN3CCC(C)(F)CC3)n(C3CCC3)c2n1.Cc1nc2c(cc1Cl)nc(NC(=O)CC(C)(C)C)n2C1CCC1. The van der Waals surface area contributed by atoms with E-state index in [2.05, 4.69) is 174 Å². The number of amides is 6. The van der Waals surface area contributed by atoms with Gasteiger partial charge >= 0.3 is 0 Å². The van der Waals surface area contributed by atoms with Crippen LogP contribution in [0.1, 0.15) is 337 Å². The summed E-state index contributed by atoms with van der Waals surface area (Å²) < 4.78 is 32.4. The van der Waals surface area contributed by atoms with Crippen LogP contribution in [0.25, 0.3) is 67.0 Å². The molecule has 14 aromatic rings. The summed E-state index contributed by atoms with van der Waals surface area (Å²) in [4.78, 5) is 132. The maximum absolute atomic E-state index is 13.9. The Morgan fingerprint density at radius 1 is 0.407 bits per heavy atom. The molecule has 6 amide bonds. The van der Waals surface area contributed by atoms with E-state index in [1.54, 1.807) is 13.0 Å². The molecule has 8 saturated carbocycles. The Balaban J connectivity index is 0.000000113. The third kappa shape index (κ3) is 25.3. The van der Waals surface area contributed by atoms with Gasteiger partial charge in [-0.3, -0.25) is 93.0 Å². The Kier molecular flexibility index (Phi) is 31.2. The van der Waals surface area contributed by atoms with Crippen molar-refractivity contribution in [2.24, 2.45) is 27.6 Å². The van der Waals surface area contributed by atoms with E-state index in [9.17, 15) is 33.2 Å². The van der Waals surface area contributed by atoms with Gasteiger partial charge in [0, 0.05) is 105 Å².